The van der Waals surface area contributed by atoms with E-state index in [1.807, 2.05) is 29.0 Å². The molecule has 0 radical (unpaired) electrons. The summed E-state index contributed by atoms with van der Waals surface area (Å²) < 4.78 is 6.84. The lowest BCUT2D eigenvalue weighted by atomic mass is 10.2. The first-order valence-electron chi connectivity index (χ1n) is 5.54. The minimum atomic E-state index is 0.00870. The van der Waals surface area contributed by atoms with Crippen molar-refractivity contribution in [3.05, 3.63) is 53.0 Å². The van der Waals surface area contributed by atoms with Gasteiger partial charge in [0.2, 0.25) is 0 Å². The number of aromatic nitrogens is 2. The third kappa shape index (κ3) is 1.89. The highest BCUT2D eigenvalue weighted by Gasteiger charge is 2.09. The molecule has 0 unspecified atom stereocenters. The van der Waals surface area contributed by atoms with Crippen molar-refractivity contribution in [2.75, 3.05) is 0 Å². The summed E-state index contributed by atoms with van der Waals surface area (Å²) in [7, 11) is 0. The number of fused-ring (bicyclic) bond motifs is 1. The SMILES string of the molecule is OCc1cn(Cc2cnoc2)c2cc(Cl)ccc12. The van der Waals surface area contributed by atoms with Crippen LogP contribution in [0.5, 0.6) is 0 Å². The Morgan fingerprint density at radius 2 is 2.28 bits per heavy atom. The van der Waals surface area contributed by atoms with E-state index in [-0.39, 0.29) is 6.61 Å². The number of nitrogens with zero attached hydrogens (tertiary/aromatic N) is 2. The number of hydrogen-bond donors (Lipinski definition) is 1. The highest BCUT2D eigenvalue weighted by Crippen LogP contribution is 2.25. The van der Waals surface area contributed by atoms with Gasteiger partial charge in [-0.25, -0.2) is 0 Å². The molecule has 0 fully saturated rings. The zero-order valence-electron chi connectivity index (χ0n) is 9.51. The molecule has 0 atom stereocenters. The second-order valence-electron chi connectivity index (χ2n) is 4.13. The molecule has 4 nitrogen and oxygen atoms in total. The van der Waals surface area contributed by atoms with E-state index in [9.17, 15) is 5.11 Å². The van der Waals surface area contributed by atoms with Crippen LogP contribution in [0.3, 0.4) is 0 Å². The summed E-state index contributed by atoms with van der Waals surface area (Å²) in [4.78, 5) is 0. The van der Waals surface area contributed by atoms with Gasteiger partial charge < -0.3 is 14.2 Å². The summed E-state index contributed by atoms with van der Waals surface area (Å²) in [6.45, 7) is 0.648. The maximum atomic E-state index is 9.37. The Hall–Kier alpha value is -1.78. The third-order valence-electron chi connectivity index (χ3n) is 2.93. The van der Waals surface area contributed by atoms with E-state index in [4.69, 9.17) is 16.1 Å². The summed E-state index contributed by atoms with van der Waals surface area (Å²) in [5, 5.41) is 14.7. The molecule has 1 N–H and O–H groups in total. The number of aliphatic hydroxyl groups excluding tert-OH is 1. The van der Waals surface area contributed by atoms with Gasteiger partial charge in [-0.15, -0.1) is 0 Å². The zero-order chi connectivity index (χ0) is 12.5. The van der Waals surface area contributed by atoms with Gasteiger partial charge in [-0.1, -0.05) is 22.8 Å². The van der Waals surface area contributed by atoms with Gasteiger partial charge in [0.05, 0.1) is 24.9 Å². The van der Waals surface area contributed by atoms with E-state index in [0.717, 1.165) is 22.0 Å². The van der Waals surface area contributed by atoms with Crippen LogP contribution in [0.25, 0.3) is 10.9 Å². The molecule has 0 saturated heterocycles. The molecule has 0 spiro atoms. The molecule has 5 heteroatoms. The summed E-state index contributed by atoms with van der Waals surface area (Å²) in [6, 6.07) is 5.64. The first-order chi connectivity index (χ1) is 8.78. The van der Waals surface area contributed by atoms with Crippen molar-refractivity contribution in [1.82, 2.24) is 9.72 Å². The topological polar surface area (TPSA) is 51.2 Å². The number of hydrogen-bond acceptors (Lipinski definition) is 3. The van der Waals surface area contributed by atoms with Crippen molar-refractivity contribution in [2.24, 2.45) is 0 Å². The Morgan fingerprint density at radius 3 is 3.00 bits per heavy atom. The van der Waals surface area contributed by atoms with Crippen LogP contribution in [0, 0.1) is 0 Å². The number of aliphatic hydroxyl groups is 1. The lowest BCUT2D eigenvalue weighted by Crippen LogP contribution is -1.96. The molecular weight excluding hydrogens is 252 g/mol. The Balaban J connectivity index is 2.13. The fourth-order valence-corrected chi connectivity index (χ4v) is 2.27. The van der Waals surface area contributed by atoms with Crippen LogP contribution in [-0.2, 0) is 13.2 Å². The normalized spacial score (nSPS) is 11.2. The van der Waals surface area contributed by atoms with Crippen molar-refractivity contribution in [3.63, 3.8) is 0 Å². The van der Waals surface area contributed by atoms with Crippen molar-refractivity contribution in [2.45, 2.75) is 13.2 Å². The molecule has 3 aromatic rings. The van der Waals surface area contributed by atoms with Gasteiger partial charge in [-0.2, -0.15) is 0 Å². The van der Waals surface area contributed by atoms with Crippen LogP contribution in [0.15, 0.2) is 41.4 Å². The van der Waals surface area contributed by atoms with Gasteiger partial charge in [0.1, 0.15) is 6.26 Å². The molecule has 18 heavy (non-hydrogen) atoms. The van der Waals surface area contributed by atoms with Crippen LogP contribution in [-0.4, -0.2) is 14.8 Å². The molecule has 92 valence electrons. The lowest BCUT2D eigenvalue weighted by molar-refractivity contribution is 0.283. The fraction of sp³-hybridized carbons (Fsp3) is 0.154. The van der Waals surface area contributed by atoms with Crippen LogP contribution < -0.4 is 0 Å². The molecule has 0 aliphatic rings. The van der Waals surface area contributed by atoms with Crippen LogP contribution >= 0.6 is 11.6 Å². The summed E-state index contributed by atoms with van der Waals surface area (Å²) >= 11 is 6.02. The monoisotopic (exact) mass is 262 g/mol. The van der Waals surface area contributed by atoms with Crippen LogP contribution in [0.4, 0.5) is 0 Å². The minimum Gasteiger partial charge on any atom is -0.392 e. The molecule has 2 aromatic heterocycles. The zero-order valence-corrected chi connectivity index (χ0v) is 10.3. The fourth-order valence-electron chi connectivity index (χ4n) is 2.10. The average molecular weight is 263 g/mol. The van der Waals surface area contributed by atoms with Crippen LogP contribution in [0.2, 0.25) is 5.02 Å². The standard InChI is InChI=1S/C13H11ClN2O2/c14-11-1-2-12-10(7-17)6-16(13(12)3-11)5-9-4-15-18-8-9/h1-4,6,8,17H,5,7H2. The van der Waals surface area contributed by atoms with Crippen molar-refractivity contribution in [1.29, 1.82) is 0 Å². The maximum absolute atomic E-state index is 9.37. The molecule has 0 aliphatic heterocycles. The Bertz CT molecular complexity index is 674. The highest BCUT2D eigenvalue weighted by molar-refractivity contribution is 6.31. The van der Waals surface area contributed by atoms with Crippen LogP contribution in [0.1, 0.15) is 11.1 Å². The molecule has 3 rings (SSSR count). The van der Waals surface area contributed by atoms with E-state index < -0.39 is 0 Å². The Labute approximate surface area is 108 Å². The second kappa shape index (κ2) is 4.48. The lowest BCUT2D eigenvalue weighted by Gasteiger charge is -2.02. The molecule has 0 saturated carbocycles. The number of halogens is 1. The average Bonchev–Trinajstić information content (AvgIpc) is 2.98. The number of benzene rings is 1. The van der Waals surface area contributed by atoms with E-state index >= 15 is 0 Å². The van der Waals surface area contributed by atoms with E-state index in [0.29, 0.717) is 11.6 Å². The van der Waals surface area contributed by atoms with Crippen molar-refractivity contribution < 1.29 is 9.63 Å². The quantitative estimate of drug-likeness (QED) is 0.790. The molecule has 0 bridgehead atoms. The van der Waals surface area contributed by atoms with Crippen molar-refractivity contribution >= 4 is 22.5 Å². The third-order valence-corrected chi connectivity index (χ3v) is 3.17. The van der Waals surface area contributed by atoms with Crippen molar-refractivity contribution in [3.8, 4) is 0 Å². The summed E-state index contributed by atoms with van der Waals surface area (Å²) in [6.07, 6.45) is 5.21. The Kier molecular flexibility index (Phi) is 2.81. The van der Waals surface area contributed by atoms with Gasteiger partial charge in [0.25, 0.3) is 0 Å². The van der Waals surface area contributed by atoms with E-state index in [1.54, 1.807) is 12.5 Å². The maximum Gasteiger partial charge on any atom is 0.128 e. The molecule has 0 amide bonds. The molecule has 2 heterocycles. The number of rotatable bonds is 3. The van der Waals surface area contributed by atoms with Gasteiger partial charge in [-0.05, 0) is 12.1 Å². The highest BCUT2D eigenvalue weighted by atomic mass is 35.5. The largest absolute Gasteiger partial charge is 0.392 e. The van der Waals surface area contributed by atoms with Gasteiger partial charge in [0.15, 0.2) is 0 Å². The first kappa shape index (κ1) is 11.3. The van der Waals surface area contributed by atoms with Gasteiger partial charge in [-0.3, -0.25) is 0 Å². The molecule has 0 aliphatic carbocycles. The molecule has 1 aromatic carbocycles. The minimum absolute atomic E-state index is 0.00870. The first-order valence-corrected chi connectivity index (χ1v) is 5.92. The smallest absolute Gasteiger partial charge is 0.128 e. The van der Waals surface area contributed by atoms with Gasteiger partial charge in [0, 0.05) is 27.7 Å². The van der Waals surface area contributed by atoms with E-state index in [2.05, 4.69) is 5.16 Å². The molecular formula is C13H11ClN2O2. The summed E-state index contributed by atoms with van der Waals surface area (Å²) in [5.41, 5.74) is 2.85. The predicted octanol–water partition coefficient (Wildman–Crippen LogP) is 2.82. The second-order valence-corrected chi connectivity index (χ2v) is 4.57. The summed E-state index contributed by atoms with van der Waals surface area (Å²) in [5.74, 6) is 0. The predicted molar refractivity (Wildman–Crippen MR) is 68.5 cm³/mol. The van der Waals surface area contributed by atoms with Gasteiger partial charge >= 0.3 is 0 Å². The van der Waals surface area contributed by atoms with E-state index in [1.165, 1.54) is 0 Å². The Morgan fingerprint density at radius 1 is 1.39 bits per heavy atom.